The van der Waals surface area contributed by atoms with Gasteiger partial charge in [0, 0.05) is 28.2 Å². The molecule has 0 unspecified atom stereocenters. The van der Waals surface area contributed by atoms with Crippen molar-refractivity contribution in [2.24, 2.45) is 0 Å². The zero-order valence-electron chi connectivity index (χ0n) is 8.27. The quantitative estimate of drug-likeness (QED) is 0.691. The predicted molar refractivity (Wildman–Crippen MR) is 64.1 cm³/mol. The zero-order chi connectivity index (χ0) is 11.0. The lowest BCUT2D eigenvalue weighted by atomic mass is 10.1. The van der Waals surface area contributed by atoms with E-state index in [9.17, 15) is 0 Å². The van der Waals surface area contributed by atoms with Gasteiger partial charge in [0.1, 0.15) is 11.7 Å². The van der Waals surface area contributed by atoms with E-state index in [1.54, 1.807) is 17.5 Å². The van der Waals surface area contributed by atoms with Crippen LogP contribution in [0.3, 0.4) is 0 Å². The molecule has 0 bridgehead atoms. The highest BCUT2D eigenvalue weighted by Crippen LogP contribution is 2.27. The Morgan fingerprint density at radius 3 is 3.12 bits per heavy atom. The van der Waals surface area contributed by atoms with Crippen LogP contribution in [0, 0.1) is 11.3 Å². The number of aromatic amines is 1. The lowest BCUT2D eigenvalue weighted by molar-refractivity contribution is 1.33. The third-order valence-electron chi connectivity index (χ3n) is 2.46. The summed E-state index contributed by atoms with van der Waals surface area (Å²) >= 11 is 1.67. The minimum Gasteiger partial charge on any atom is -0.345 e. The van der Waals surface area contributed by atoms with Gasteiger partial charge < -0.3 is 4.98 Å². The molecule has 3 rings (SSSR count). The molecule has 0 fully saturated rings. The van der Waals surface area contributed by atoms with E-state index in [-0.39, 0.29) is 0 Å². The molecule has 0 saturated heterocycles. The number of nitrogens with zero attached hydrogens (tertiary/aromatic N) is 2. The second kappa shape index (κ2) is 3.47. The molecular formula is C12H7N3S. The molecule has 76 valence electrons. The van der Waals surface area contributed by atoms with Gasteiger partial charge in [0.15, 0.2) is 0 Å². The Morgan fingerprint density at radius 2 is 2.38 bits per heavy atom. The Kier molecular flexibility index (Phi) is 1.98. The van der Waals surface area contributed by atoms with E-state index in [2.05, 4.69) is 16.0 Å². The molecule has 3 nitrogen and oxygen atoms in total. The topological polar surface area (TPSA) is 52.5 Å². The summed E-state index contributed by atoms with van der Waals surface area (Å²) in [7, 11) is 0. The maximum atomic E-state index is 8.95. The summed E-state index contributed by atoms with van der Waals surface area (Å²) in [5, 5.41) is 11.9. The smallest absolute Gasteiger partial charge is 0.138 e. The summed E-state index contributed by atoms with van der Waals surface area (Å²) in [5.41, 5.74) is 2.45. The SMILES string of the molecule is N#Cc1c[nH]c2ncc(-c3cccs3)cc12. The lowest BCUT2D eigenvalue weighted by Gasteiger charge is -1.96. The van der Waals surface area contributed by atoms with Crippen LogP contribution in [0.2, 0.25) is 0 Å². The summed E-state index contributed by atoms with van der Waals surface area (Å²) in [6.45, 7) is 0. The summed E-state index contributed by atoms with van der Waals surface area (Å²) in [4.78, 5) is 8.45. The molecule has 4 heteroatoms. The van der Waals surface area contributed by atoms with E-state index >= 15 is 0 Å². The fourth-order valence-electron chi connectivity index (χ4n) is 1.67. The summed E-state index contributed by atoms with van der Waals surface area (Å²) in [6, 6.07) is 8.21. The first-order valence-electron chi connectivity index (χ1n) is 4.79. The molecule has 0 spiro atoms. The molecule has 0 atom stereocenters. The van der Waals surface area contributed by atoms with E-state index < -0.39 is 0 Å². The first kappa shape index (κ1) is 9.13. The molecule has 0 amide bonds. The summed E-state index contributed by atoms with van der Waals surface area (Å²) < 4.78 is 0. The van der Waals surface area contributed by atoms with Gasteiger partial charge in [-0.15, -0.1) is 11.3 Å². The summed E-state index contributed by atoms with van der Waals surface area (Å²) in [6.07, 6.45) is 3.52. The van der Waals surface area contributed by atoms with Crippen molar-refractivity contribution < 1.29 is 0 Å². The first-order valence-corrected chi connectivity index (χ1v) is 5.67. The minimum atomic E-state index is 0.640. The highest BCUT2D eigenvalue weighted by atomic mass is 32.1. The number of aromatic nitrogens is 2. The molecule has 0 aliphatic heterocycles. The maximum Gasteiger partial charge on any atom is 0.138 e. The second-order valence-corrected chi connectivity index (χ2v) is 4.36. The standard InChI is InChI=1S/C12H7N3S/c13-5-9-7-15-12-10(9)4-8(6-14-12)11-2-1-3-16-11/h1-4,6-7H,(H,14,15). The Hall–Kier alpha value is -2.12. The Bertz CT molecular complexity index is 674. The van der Waals surface area contributed by atoms with Gasteiger partial charge in [-0.3, -0.25) is 0 Å². The fraction of sp³-hybridized carbons (Fsp3) is 0. The van der Waals surface area contributed by atoms with Gasteiger partial charge in [0.05, 0.1) is 5.56 Å². The van der Waals surface area contributed by atoms with Crippen LogP contribution in [0.1, 0.15) is 5.56 Å². The number of rotatable bonds is 1. The average molecular weight is 225 g/mol. The molecule has 16 heavy (non-hydrogen) atoms. The van der Waals surface area contributed by atoms with E-state index in [1.165, 1.54) is 4.88 Å². The van der Waals surface area contributed by atoms with Crippen molar-refractivity contribution in [2.45, 2.75) is 0 Å². The van der Waals surface area contributed by atoms with Crippen molar-refractivity contribution in [3.05, 3.63) is 41.5 Å². The molecule has 3 aromatic heterocycles. The summed E-state index contributed by atoms with van der Waals surface area (Å²) in [5.74, 6) is 0. The second-order valence-electron chi connectivity index (χ2n) is 3.41. The van der Waals surface area contributed by atoms with Crippen LogP contribution >= 0.6 is 11.3 Å². The van der Waals surface area contributed by atoms with Gasteiger partial charge in [-0.05, 0) is 17.5 Å². The first-order chi connectivity index (χ1) is 7.88. The van der Waals surface area contributed by atoms with E-state index in [0.717, 1.165) is 16.6 Å². The largest absolute Gasteiger partial charge is 0.345 e. The van der Waals surface area contributed by atoms with E-state index in [0.29, 0.717) is 5.56 Å². The van der Waals surface area contributed by atoms with Crippen LogP contribution in [0.25, 0.3) is 21.5 Å². The van der Waals surface area contributed by atoms with Crippen molar-refractivity contribution in [3.8, 4) is 16.5 Å². The van der Waals surface area contributed by atoms with E-state index in [4.69, 9.17) is 5.26 Å². The van der Waals surface area contributed by atoms with Crippen LogP contribution in [-0.2, 0) is 0 Å². The van der Waals surface area contributed by atoms with Crippen molar-refractivity contribution in [2.75, 3.05) is 0 Å². The van der Waals surface area contributed by atoms with Gasteiger partial charge in [-0.1, -0.05) is 6.07 Å². The van der Waals surface area contributed by atoms with Crippen LogP contribution < -0.4 is 0 Å². The molecule has 3 aromatic rings. The molecule has 0 saturated carbocycles. The zero-order valence-corrected chi connectivity index (χ0v) is 9.08. The molecule has 1 N–H and O–H groups in total. The minimum absolute atomic E-state index is 0.640. The molecule has 0 aliphatic carbocycles. The van der Waals surface area contributed by atoms with Crippen molar-refractivity contribution >= 4 is 22.4 Å². The lowest BCUT2D eigenvalue weighted by Crippen LogP contribution is -1.79. The van der Waals surface area contributed by atoms with Gasteiger partial charge in [-0.25, -0.2) is 4.98 Å². The van der Waals surface area contributed by atoms with Crippen LogP contribution in [0.5, 0.6) is 0 Å². The number of hydrogen-bond donors (Lipinski definition) is 1. The third kappa shape index (κ3) is 1.30. The van der Waals surface area contributed by atoms with Gasteiger partial charge in [0.25, 0.3) is 0 Å². The van der Waals surface area contributed by atoms with Gasteiger partial charge in [-0.2, -0.15) is 5.26 Å². The average Bonchev–Trinajstić information content (AvgIpc) is 2.97. The van der Waals surface area contributed by atoms with Crippen molar-refractivity contribution in [3.63, 3.8) is 0 Å². The highest BCUT2D eigenvalue weighted by molar-refractivity contribution is 7.13. The number of hydrogen-bond acceptors (Lipinski definition) is 3. The Labute approximate surface area is 96.0 Å². The Morgan fingerprint density at radius 1 is 1.44 bits per heavy atom. The number of fused-ring (bicyclic) bond motifs is 1. The van der Waals surface area contributed by atoms with Gasteiger partial charge in [0.2, 0.25) is 0 Å². The highest BCUT2D eigenvalue weighted by Gasteiger charge is 2.06. The maximum absolute atomic E-state index is 8.95. The number of pyridine rings is 1. The number of nitriles is 1. The van der Waals surface area contributed by atoms with Gasteiger partial charge >= 0.3 is 0 Å². The van der Waals surface area contributed by atoms with E-state index in [1.807, 2.05) is 29.8 Å². The van der Waals surface area contributed by atoms with Crippen LogP contribution in [0.4, 0.5) is 0 Å². The van der Waals surface area contributed by atoms with Crippen LogP contribution in [0.15, 0.2) is 36.0 Å². The monoisotopic (exact) mass is 225 g/mol. The van der Waals surface area contributed by atoms with Crippen molar-refractivity contribution in [1.82, 2.24) is 9.97 Å². The third-order valence-corrected chi connectivity index (χ3v) is 3.38. The van der Waals surface area contributed by atoms with Crippen LogP contribution in [-0.4, -0.2) is 9.97 Å². The predicted octanol–water partition coefficient (Wildman–Crippen LogP) is 3.16. The molecular weight excluding hydrogens is 218 g/mol. The Balaban J connectivity index is 2.26. The number of nitrogens with one attached hydrogen (secondary N) is 1. The molecule has 3 heterocycles. The molecule has 0 radical (unpaired) electrons. The van der Waals surface area contributed by atoms with Crippen molar-refractivity contribution in [1.29, 1.82) is 5.26 Å². The number of thiophene rings is 1. The molecule has 0 aromatic carbocycles. The normalized spacial score (nSPS) is 10.4. The molecule has 0 aliphatic rings. The fourth-order valence-corrected chi connectivity index (χ4v) is 2.38. The number of H-pyrrole nitrogens is 1.